The minimum atomic E-state index is -0.454. The van der Waals surface area contributed by atoms with Crippen molar-refractivity contribution in [1.82, 2.24) is 4.90 Å². The van der Waals surface area contributed by atoms with E-state index in [-0.39, 0.29) is 22.4 Å². The zero-order valence-electron chi connectivity index (χ0n) is 16.2. The zero-order valence-corrected chi connectivity index (χ0v) is 17.8. The number of carbonyl (C=O) groups is 2. The Kier molecular flexibility index (Phi) is 5.67. The van der Waals surface area contributed by atoms with Crippen LogP contribution < -0.4 is 0 Å². The van der Waals surface area contributed by atoms with Gasteiger partial charge in [-0.05, 0) is 60.1 Å². The molecule has 9 heteroatoms. The molecule has 1 aromatic heterocycles. The third-order valence-electron chi connectivity index (χ3n) is 4.71. The quantitative estimate of drug-likeness (QED) is 0.264. The highest BCUT2D eigenvalue weighted by Crippen LogP contribution is 2.35. The van der Waals surface area contributed by atoms with Gasteiger partial charge < -0.3 is 4.42 Å². The second kappa shape index (κ2) is 8.41. The van der Waals surface area contributed by atoms with Crippen molar-refractivity contribution in [3.63, 3.8) is 0 Å². The molecule has 0 saturated carbocycles. The van der Waals surface area contributed by atoms with Crippen LogP contribution in [-0.2, 0) is 11.3 Å². The summed E-state index contributed by atoms with van der Waals surface area (Å²) in [5.74, 6) is 0.526. The number of nitro groups is 1. The standard InChI is InChI=1S/C22H15ClN2O5S/c1-13-10-16(25(28)29)6-8-18(13)19-9-7-17(30-19)11-20-21(26)24(22(27)31-20)12-14-2-4-15(23)5-3-14/h2-11H,12H2,1H3/b20-11-. The Morgan fingerprint density at radius 1 is 1.13 bits per heavy atom. The molecule has 1 fully saturated rings. The van der Waals surface area contributed by atoms with Gasteiger partial charge in [0.1, 0.15) is 11.5 Å². The molecule has 4 rings (SSSR count). The second-order valence-electron chi connectivity index (χ2n) is 6.85. The van der Waals surface area contributed by atoms with Gasteiger partial charge in [-0.25, -0.2) is 0 Å². The minimum absolute atomic E-state index is 0.00221. The fourth-order valence-electron chi connectivity index (χ4n) is 3.15. The third-order valence-corrected chi connectivity index (χ3v) is 5.87. The summed E-state index contributed by atoms with van der Waals surface area (Å²) in [5.41, 5.74) is 2.20. The summed E-state index contributed by atoms with van der Waals surface area (Å²) in [5, 5.41) is 11.1. The Labute approximate surface area is 186 Å². The van der Waals surface area contributed by atoms with Crippen molar-refractivity contribution in [3.05, 3.63) is 91.5 Å². The summed E-state index contributed by atoms with van der Waals surface area (Å²) in [6.07, 6.45) is 1.52. The SMILES string of the molecule is Cc1cc([N+](=O)[O-])ccc1-c1ccc(/C=C2\SC(=O)N(Cc3ccc(Cl)cc3)C2=O)o1. The number of aryl methyl sites for hydroxylation is 1. The number of hydrogen-bond acceptors (Lipinski definition) is 6. The molecule has 0 radical (unpaired) electrons. The number of imide groups is 1. The first-order valence-corrected chi connectivity index (χ1v) is 10.4. The molecule has 1 saturated heterocycles. The number of non-ortho nitro benzene ring substituents is 1. The van der Waals surface area contributed by atoms with Crippen LogP contribution >= 0.6 is 23.4 Å². The Balaban J connectivity index is 1.54. The third kappa shape index (κ3) is 4.40. The summed E-state index contributed by atoms with van der Waals surface area (Å²) < 4.78 is 5.81. The number of carbonyl (C=O) groups excluding carboxylic acids is 2. The highest BCUT2D eigenvalue weighted by atomic mass is 35.5. The monoisotopic (exact) mass is 454 g/mol. The van der Waals surface area contributed by atoms with Gasteiger partial charge >= 0.3 is 0 Å². The van der Waals surface area contributed by atoms with E-state index in [1.54, 1.807) is 49.4 Å². The molecule has 0 atom stereocenters. The molecule has 2 aromatic carbocycles. The number of rotatable bonds is 5. The van der Waals surface area contributed by atoms with Crippen LogP contribution in [0.15, 0.2) is 63.9 Å². The first-order valence-electron chi connectivity index (χ1n) is 9.17. The van der Waals surface area contributed by atoms with E-state index in [4.69, 9.17) is 16.0 Å². The van der Waals surface area contributed by atoms with Gasteiger partial charge in [-0.1, -0.05) is 23.7 Å². The van der Waals surface area contributed by atoms with E-state index < -0.39 is 10.8 Å². The van der Waals surface area contributed by atoms with Crippen LogP contribution in [0.1, 0.15) is 16.9 Å². The van der Waals surface area contributed by atoms with Gasteiger partial charge in [0.2, 0.25) is 0 Å². The van der Waals surface area contributed by atoms with E-state index in [2.05, 4.69) is 0 Å². The van der Waals surface area contributed by atoms with E-state index in [1.807, 2.05) is 0 Å². The number of hydrogen-bond donors (Lipinski definition) is 0. The Hall–Kier alpha value is -3.36. The van der Waals surface area contributed by atoms with Gasteiger partial charge in [0.25, 0.3) is 16.8 Å². The van der Waals surface area contributed by atoms with Gasteiger partial charge in [0, 0.05) is 28.8 Å². The van der Waals surface area contributed by atoms with E-state index >= 15 is 0 Å². The van der Waals surface area contributed by atoms with Crippen LogP contribution in [0.4, 0.5) is 10.5 Å². The summed E-state index contributed by atoms with van der Waals surface area (Å²) in [6, 6.07) is 14.8. The lowest BCUT2D eigenvalue weighted by Crippen LogP contribution is -2.27. The van der Waals surface area contributed by atoms with E-state index in [9.17, 15) is 19.7 Å². The van der Waals surface area contributed by atoms with Crippen molar-refractivity contribution < 1.29 is 18.9 Å². The summed E-state index contributed by atoms with van der Waals surface area (Å²) in [6.45, 7) is 1.91. The van der Waals surface area contributed by atoms with E-state index in [0.29, 0.717) is 27.7 Å². The summed E-state index contributed by atoms with van der Waals surface area (Å²) in [7, 11) is 0. The van der Waals surface area contributed by atoms with Crippen molar-refractivity contribution in [2.24, 2.45) is 0 Å². The lowest BCUT2D eigenvalue weighted by Gasteiger charge is -2.12. The van der Waals surface area contributed by atoms with Gasteiger partial charge in [0.15, 0.2) is 0 Å². The van der Waals surface area contributed by atoms with Crippen molar-refractivity contribution in [2.45, 2.75) is 13.5 Å². The predicted molar refractivity (Wildman–Crippen MR) is 119 cm³/mol. The Morgan fingerprint density at radius 2 is 1.87 bits per heavy atom. The number of amides is 2. The zero-order chi connectivity index (χ0) is 22.1. The van der Waals surface area contributed by atoms with E-state index in [1.165, 1.54) is 23.1 Å². The van der Waals surface area contributed by atoms with Crippen LogP contribution in [0.25, 0.3) is 17.4 Å². The normalized spacial score (nSPS) is 15.2. The molecular weight excluding hydrogens is 440 g/mol. The van der Waals surface area contributed by atoms with Crippen molar-refractivity contribution in [2.75, 3.05) is 0 Å². The Morgan fingerprint density at radius 3 is 2.55 bits per heavy atom. The van der Waals surface area contributed by atoms with Gasteiger partial charge in [-0.3, -0.25) is 24.6 Å². The number of thioether (sulfide) groups is 1. The molecule has 31 heavy (non-hydrogen) atoms. The average molecular weight is 455 g/mol. The highest BCUT2D eigenvalue weighted by Gasteiger charge is 2.35. The minimum Gasteiger partial charge on any atom is -0.457 e. The number of benzene rings is 2. The second-order valence-corrected chi connectivity index (χ2v) is 8.28. The lowest BCUT2D eigenvalue weighted by molar-refractivity contribution is -0.384. The maximum atomic E-state index is 12.7. The highest BCUT2D eigenvalue weighted by molar-refractivity contribution is 8.18. The number of nitro benzene ring substituents is 1. The summed E-state index contributed by atoms with van der Waals surface area (Å²) in [4.78, 5) is 36.9. The molecule has 0 spiro atoms. The average Bonchev–Trinajstić information content (AvgIpc) is 3.29. The van der Waals surface area contributed by atoms with Crippen molar-refractivity contribution in [1.29, 1.82) is 0 Å². The van der Waals surface area contributed by atoms with Gasteiger partial charge in [-0.15, -0.1) is 0 Å². The smallest absolute Gasteiger partial charge is 0.293 e. The summed E-state index contributed by atoms with van der Waals surface area (Å²) >= 11 is 6.73. The maximum Gasteiger partial charge on any atom is 0.293 e. The molecule has 3 aromatic rings. The molecule has 2 heterocycles. The topological polar surface area (TPSA) is 93.7 Å². The molecule has 7 nitrogen and oxygen atoms in total. The van der Waals surface area contributed by atoms with Crippen LogP contribution in [-0.4, -0.2) is 21.0 Å². The molecule has 156 valence electrons. The maximum absolute atomic E-state index is 12.7. The molecule has 1 aliphatic rings. The molecule has 0 unspecified atom stereocenters. The number of nitrogens with zero attached hydrogens (tertiary/aromatic N) is 2. The van der Waals surface area contributed by atoms with Crippen LogP contribution in [0.2, 0.25) is 5.02 Å². The number of furan rings is 1. The first-order chi connectivity index (χ1) is 14.8. The number of halogens is 1. The van der Waals surface area contributed by atoms with Crippen LogP contribution in [0.5, 0.6) is 0 Å². The first kappa shape index (κ1) is 20.9. The van der Waals surface area contributed by atoms with Crippen LogP contribution in [0.3, 0.4) is 0 Å². The van der Waals surface area contributed by atoms with E-state index in [0.717, 1.165) is 17.3 Å². The van der Waals surface area contributed by atoms with Crippen LogP contribution in [0, 0.1) is 17.0 Å². The van der Waals surface area contributed by atoms with Crippen molar-refractivity contribution in [3.8, 4) is 11.3 Å². The van der Waals surface area contributed by atoms with Crippen molar-refractivity contribution >= 4 is 46.3 Å². The largest absolute Gasteiger partial charge is 0.457 e. The van der Waals surface area contributed by atoms with Gasteiger partial charge in [-0.2, -0.15) is 0 Å². The predicted octanol–water partition coefficient (Wildman–Crippen LogP) is 6.05. The molecular formula is C22H15ClN2O5S. The lowest BCUT2D eigenvalue weighted by atomic mass is 10.1. The molecule has 0 N–H and O–H groups in total. The fourth-order valence-corrected chi connectivity index (χ4v) is 4.10. The molecule has 0 bridgehead atoms. The fraction of sp³-hybridized carbons (Fsp3) is 0.0909. The molecule has 2 amide bonds. The molecule has 1 aliphatic heterocycles. The van der Waals surface area contributed by atoms with Gasteiger partial charge in [0.05, 0.1) is 16.4 Å². The molecule has 0 aliphatic carbocycles. The Bertz CT molecular complexity index is 1230.